The highest BCUT2D eigenvalue weighted by Gasteiger charge is 2.19. The van der Waals surface area contributed by atoms with Gasteiger partial charge in [-0.1, -0.05) is 48.1 Å². The van der Waals surface area contributed by atoms with E-state index >= 15 is 0 Å². The van der Waals surface area contributed by atoms with E-state index in [0.717, 1.165) is 5.56 Å². The lowest BCUT2D eigenvalue weighted by Gasteiger charge is -2.12. The standard InChI is InChI=1S/C14H13ClN2O2S2/c1-9-4-2-3-5-12(9)17-21(18,19)13-7-6-10(14(16)20)8-11(13)15/h2-8,17H,1H3,(H2,16,20). The zero-order valence-electron chi connectivity index (χ0n) is 11.1. The number of hydrogen-bond donors (Lipinski definition) is 2. The number of rotatable bonds is 4. The number of anilines is 1. The number of para-hydroxylation sites is 1. The van der Waals surface area contributed by atoms with Gasteiger partial charge in [-0.05, 0) is 30.7 Å². The molecule has 7 heteroatoms. The third kappa shape index (κ3) is 3.53. The molecule has 0 atom stereocenters. The summed E-state index contributed by atoms with van der Waals surface area (Å²) in [6, 6.07) is 11.4. The summed E-state index contributed by atoms with van der Waals surface area (Å²) in [4.78, 5) is 0.139. The van der Waals surface area contributed by atoms with Crippen LogP contribution in [-0.2, 0) is 10.0 Å². The molecule has 0 saturated heterocycles. The van der Waals surface area contributed by atoms with Gasteiger partial charge in [0.2, 0.25) is 0 Å². The van der Waals surface area contributed by atoms with Gasteiger partial charge in [-0.2, -0.15) is 0 Å². The smallest absolute Gasteiger partial charge is 0.263 e. The fourth-order valence-electron chi connectivity index (χ4n) is 1.76. The highest BCUT2D eigenvalue weighted by atomic mass is 35.5. The first-order chi connectivity index (χ1) is 9.81. The van der Waals surface area contributed by atoms with Crippen molar-refractivity contribution in [2.45, 2.75) is 11.8 Å². The molecule has 0 bridgehead atoms. The van der Waals surface area contributed by atoms with Crippen molar-refractivity contribution in [3.8, 4) is 0 Å². The Morgan fingerprint density at radius 2 is 1.90 bits per heavy atom. The number of nitrogens with two attached hydrogens (primary N) is 1. The van der Waals surface area contributed by atoms with Crippen LogP contribution < -0.4 is 10.5 Å². The number of aryl methyl sites for hydroxylation is 1. The molecule has 110 valence electrons. The summed E-state index contributed by atoms with van der Waals surface area (Å²) in [5.74, 6) is 0. The molecule has 0 spiro atoms. The molecule has 0 aromatic heterocycles. The van der Waals surface area contributed by atoms with Crippen LogP contribution in [0.15, 0.2) is 47.4 Å². The van der Waals surface area contributed by atoms with Crippen molar-refractivity contribution in [3.05, 3.63) is 58.6 Å². The van der Waals surface area contributed by atoms with E-state index in [2.05, 4.69) is 4.72 Å². The maximum atomic E-state index is 12.4. The van der Waals surface area contributed by atoms with Gasteiger partial charge in [-0.25, -0.2) is 8.42 Å². The Morgan fingerprint density at radius 3 is 2.48 bits per heavy atom. The first-order valence-corrected chi connectivity index (χ1v) is 8.26. The van der Waals surface area contributed by atoms with E-state index in [1.165, 1.54) is 18.2 Å². The molecule has 0 aliphatic rings. The predicted molar refractivity (Wildman–Crippen MR) is 89.3 cm³/mol. The second kappa shape index (κ2) is 6.01. The number of halogens is 1. The predicted octanol–water partition coefficient (Wildman–Crippen LogP) is 3.08. The topological polar surface area (TPSA) is 72.2 Å². The second-order valence-electron chi connectivity index (χ2n) is 4.43. The van der Waals surface area contributed by atoms with E-state index in [1.54, 1.807) is 12.1 Å². The lowest BCUT2D eigenvalue weighted by Crippen LogP contribution is -2.15. The van der Waals surface area contributed by atoms with E-state index in [0.29, 0.717) is 11.3 Å². The Kier molecular flexibility index (Phi) is 4.51. The van der Waals surface area contributed by atoms with Crippen molar-refractivity contribution < 1.29 is 8.42 Å². The van der Waals surface area contributed by atoms with Crippen LogP contribution in [-0.4, -0.2) is 13.4 Å². The quantitative estimate of drug-likeness (QED) is 0.839. The highest BCUT2D eigenvalue weighted by Crippen LogP contribution is 2.26. The van der Waals surface area contributed by atoms with Crippen LogP contribution in [0.25, 0.3) is 0 Å². The fourth-order valence-corrected chi connectivity index (χ4v) is 3.56. The third-order valence-corrected chi connectivity index (χ3v) is 4.98. The number of benzene rings is 2. The molecule has 0 fully saturated rings. The summed E-state index contributed by atoms with van der Waals surface area (Å²) >= 11 is 10.9. The van der Waals surface area contributed by atoms with Gasteiger partial charge < -0.3 is 5.73 Å². The molecule has 0 heterocycles. The summed E-state index contributed by atoms with van der Waals surface area (Å²) in [5, 5.41) is 0.0707. The SMILES string of the molecule is Cc1ccccc1NS(=O)(=O)c1ccc(C(N)=S)cc1Cl. The fraction of sp³-hybridized carbons (Fsp3) is 0.0714. The number of thiocarbonyl (C=S) groups is 1. The number of sulfonamides is 1. The first-order valence-electron chi connectivity index (χ1n) is 5.99. The lowest BCUT2D eigenvalue weighted by molar-refractivity contribution is 0.601. The van der Waals surface area contributed by atoms with Gasteiger partial charge in [-0.3, -0.25) is 4.72 Å². The second-order valence-corrected chi connectivity index (χ2v) is 6.93. The highest BCUT2D eigenvalue weighted by molar-refractivity contribution is 7.92. The van der Waals surface area contributed by atoms with Gasteiger partial charge in [-0.15, -0.1) is 0 Å². The average Bonchev–Trinajstić information content (AvgIpc) is 2.40. The Hall–Kier alpha value is -1.63. The molecule has 2 aromatic carbocycles. The van der Waals surface area contributed by atoms with Crippen molar-refractivity contribution in [1.29, 1.82) is 0 Å². The molecule has 21 heavy (non-hydrogen) atoms. The molecule has 0 aliphatic heterocycles. The Morgan fingerprint density at radius 1 is 1.24 bits per heavy atom. The maximum Gasteiger partial charge on any atom is 0.263 e. The Bertz CT molecular complexity index is 804. The zero-order chi connectivity index (χ0) is 15.6. The van der Waals surface area contributed by atoms with Gasteiger partial charge in [0.15, 0.2) is 0 Å². The molecular weight excluding hydrogens is 328 g/mol. The molecule has 3 N–H and O–H groups in total. The van der Waals surface area contributed by atoms with Gasteiger partial charge >= 0.3 is 0 Å². The van der Waals surface area contributed by atoms with Crippen LogP contribution in [0, 0.1) is 6.92 Å². The van der Waals surface area contributed by atoms with Gasteiger partial charge in [0.05, 0.1) is 10.7 Å². The summed E-state index contributed by atoms with van der Waals surface area (Å²) in [7, 11) is -3.77. The minimum atomic E-state index is -3.77. The third-order valence-electron chi connectivity index (χ3n) is 2.90. The van der Waals surface area contributed by atoms with E-state index in [9.17, 15) is 8.42 Å². The van der Waals surface area contributed by atoms with Gasteiger partial charge in [0, 0.05) is 5.56 Å². The first kappa shape index (κ1) is 15.8. The monoisotopic (exact) mass is 340 g/mol. The molecule has 0 amide bonds. The van der Waals surface area contributed by atoms with Crippen LogP contribution in [0.4, 0.5) is 5.69 Å². The van der Waals surface area contributed by atoms with E-state index < -0.39 is 10.0 Å². The van der Waals surface area contributed by atoms with Crippen molar-refractivity contribution >= 4 is 44.5 Å². The molecule has 0 unspecified atom stereocenters. The zero-order valence-corrected chi connectivity index (χ0v) is 13.5. The van der Waals surface area contributed by atoms with E-state index in [-0.39, 0.29) is 14.9 Å². The van der Waals surface area contributed by atoms with E-state index in [1.807, 2.05) is 19.1 Å². The Labute approximate surface area is 134 Å². The maximum absolute atomic E-state index is 12.4. The molecule has 2 rings (SSSR count). The van der Waals surface area contributed by atoms with Crippen LogP contribution in [0.2, 0.25) is 5.02 Å². The van der Waals surface area contributed by atoms with E-state index in [4.69, 9.17) is 29.6 Å². The average molecular weight is 341 g/mol. The van der Waals surface area contributed by atoms with Crippen molar-refractivity contribution in [3.63, 3.8) is 0 Å². The molecule has 0 saturated carbocycles. The normalized spacial score (nSPS) is 11.1. The minimum absolute atomic E-state index is 0.0209. The number of hydrogen-bond acceptors (Lipinski definition) is 3. The molecule has 2 aromatic rings. The summed E-state index contributed by atoms with van der Waals surface area (Å²) < 4.78 is 27.3. The summed E-state index contributed by atoms with van der Waals surface area (Å²) in [6.07, 6.45) is 0. The Balaban J connectivity index is 2.41. The lowest BCUT2D eigenvalue weighted by atomic mass is 10.2. The largest absolute Gasteiger partial charge is 0.389 e. The summed E-state index contributed by atoms with van der Waals surface area (Å²) in [6.45, 7) is 1.81. The van der Waals surface area contributed by atoms with Crippen LogP contribution in [0.1, 0.15) is 11.1 Å². The van der Waals surface area contributed by atoms with Crippen molar-refractivity contribution in [2.75, 3.05) is 4.72 Å². The molecule has 0 aliphatic carbocycles. The van der Waals surface area contributed by atoms with Crippen LogP contribution in [0.5, 0.6) is 0 Å². The minimum Gasteiger partial charge on any atom is -0.389 e. The van der Waals surface area contributed by atoms with Crippen LogP contribution >= 0.6 is 23.8 Å². The van der Waals surface area contributed by atoms with Crippen molar-refractivity contribution in [2.24, 2.45) is 5.73 Å². The number of nitrogens with one attached hydrogen (secondary N) is 1. The van der Waals surface area contributed by atoms with Gasteiger partial charge in [0.1, 0.15) is 9.88 Å². The van der Waals surface area contributed by atoms with Gasteiger partial charge in [0.25, 0.3) is 10.0 Å². The molecule has 0 radical (unpaired) electrons. The summed E-state index contributed by atoms with van der Waals surface area (Å²) in [5.41, 5.74) is 7.33. The van der Waals surface area contributed by atoms with Crippen LogP contribution in [0.3, 0.4) is 0 Å². The molecule has 4 nitrogen and oxygen atoms in total. The van der Waals surface area contributed by atoms with Crippen molar-refractivity contribution in [1.82, 2.24) is 0 Å². The molecular formula is C14H13ClN2O2S2.